The smallest absolute Gasteiger partial charge is 0.312 e. The highest BCUT2D eigenvalue weighted by molar-refractivity contribution is 5.70. The number of H-pyrrole nitrogens is 2. The fourth-order valence-corrected chi connectivity index (χ4v) is 2.24. The Morgan fingerprint density at radius 3 is 2.23 bits per heavy atom. The van der Waals surface area contributed by atoms with E-state index in [1.807, 2.05) is 0 Å². The minimum atomic E-state index is -1.75. The molecule has 1 aliphatic heterocycles. The van der Waals surface area contributed by atoms with Crippen LogP contribution in [-0.2, 0) is 0 Å². The number of benzene rings is 1. The van der Waals surface area contributed by atoms with Crippen LogP contribution in [0.4, 0.5) is 0 Å². The molecular formula is C11H15N5O6. The van der Waals surface area contributed by atoms with Crippen LogP contribution in [0, 0.1) is 30.6 Å². The number of imidazole rings is 1. The minimum Gasteiger partial charge on any atom is -0.356 e. The van der Waals surface area contributed by atoms with E-state index in [9.17, 15) is 0 Å². The number of aromatic amines is 2. The lowest BCUT2D eigenvalue weighted by molar-refractivity contribution is -0.687. The number of hydrogen-bond donors (Lipinski definition) is 2. The Morgan fingerprint density at radius 1 is 1.14 bits per heavy atom. The molecule has 0 unspecified atom stereocenters. The van der Waals surface area contributed by atoms with E-state index in [4.69, 9.17) is 30.6 Å². The van der Waals surface area contributed by atoms with Crippen molar-refractivity contribution in [1.82, 2.24) is 4.98 Å². The Balaban J connectivity index is 0.000000257. The van der Waals surface area contributed by atoms with Gasteiger partial charge in [-0.25, -0.2) is 9.97 Å². The van der Waals surface area contributed by atoms with E-state index in [1.54, 1.807) is 0 Å². The molecule has 1 fully saturated rings. The van der Waals surface area contributed by atoms with Crippen LogP contribution >= 0.6 is 0 Å². The van der Waals surface area contributed by atoms with Gasteiger partial charge in [0.1, 0.15) is 0 Å². The summed E-state index contributed by atoms with van der Waals surface area (Å²) < 4.78 is 0. The molecule has 1 aromatic heterocycles. The van der Waals surface area contributed by atoms with Gasteiger partial charge in [-0.05, 0) is 12.1 Å². The van der Waals surface area contributed by atoms with Crippen LogP contribution < -0.4 is 10.3 Å². The summed E-state index contributed by atoms with van der Waals surface area (Å²) in [5.74, 6) is 1.27. The molecular weight excluding hydrogens is 298 g/mol. The molecule has 11 heteroatoms. The van der Waals surface area contributed by atoms with E-state index in [-0.39, 0.29) is 0 Å². The Kier molecular flexibility index (Phi) is 6.50. The highest BCUT2D eigenvalue weighted by Crippen LogP contribution is 2.15. The molecule has 1 atom stereocenters. The molecule has 0 aliphatic carbocycles. The van der Waals surface area contributed by atoms with E-state index in [1.165, 1.54) is 36.2 Å². The second kappa shape index (κ2) is 8.36. The summed E-state index contributed by atoms with van der Waals surface area (Å²) in [5, 5.41) is 31.9. The van der Waals surface area contributed by atoms with Gasteiger partial charge in [0.2, 0.25) is 0 Å². The maximum atomic E-state index is 8.25. The Morgan fingerprint density at radius 2 is 1.73 bits per heavy atom. The third-order valence-electron chi connectivity index (χ3n) is 3.01. The summed E-state index contributed by atoms with van der Waals surface area (Å²) in [6, 6.07) is 8.97. The first-order chi connectivity index (χ1) is 10.4. The highest BCUT2D eigenvalue weighted by Gasteiger charge is 2.27. The van der Waals surface area contributed by atoms with Crippen LogP contribution in [0.3, 0.4) is 0 Å². The molecule has 11 nitrogen and oxygen atoms in total. The van der Waals surface area contributed by atoms with Crippen LogP contribution in [0.25, 0.3) is 11.0 Å². The van der Waals surface area contributed by atoms with Crippen LogP contribution in [0.1, 0.15) is 24.7 Å². The van der Waals surface area contributed by atoms with E-state index in [2.05, 4.69) is 39.6 Å². The monoisotopic (exact) mass is 313 g/mol. The number of fused-ring (bicyclic) bond motifs is 1. The van der Waals surface area contributed by atoms with Crippen molar-refractivity contribution in [1.29, 1.82) is 0 Å². The number of rotatable bonds is 1. The lowest BCUT2D eigenvalue weighted by atomic mass is 10.2. The van der Waals surface area contributed by atoms with E-state index in [0.29, 0.717) is 6.04 Å². The molecule has 0 bridgehead atoms. The predicted octanol–water partition coefficient (Wildman–Crippen LogP) is -0.0979. The maximum Gasteiger partial charge on any atom is 0.312 e. The molecule has 3 rings (SSSR count). The fourth-order valence-electron chi connectivity index (χ4n) is 2.24. The van der Waals surface area contributed by atoms with Crippen LogP contribution in [0.2, 0.25) is 0 Å². The number of nitrogens with zero attached hydrogens (tertiary/aromatic N) is 2. The van der Waals surface area contributed by atoms with Gasteiger partial charge in [-0.1, -0.05) is 12.1 Å². The number of aromatic nitrogens is 2. The van der Waals surface area contributed by atoms with Crippen molar-refractivity contribution in [3.05, 3.63) is 60.7 Å². The largest absolute Gasteiger partial charge is 0.356 e. The number of para-hydroxylation sites is 2. The number of nitrogens with two attached hydrogens (primary N) is 1. The lowest BCUT2D eigenvalue weighted by Crippen LogP contribution is -2.82. The van der Waals surface area contributed by atoms with Crippen molar-refractivity contribution < 1.29 is 20.5 Å². The van der Waals surface area contributed by atoms with Crippen molar-refractivity contribution in [2.75, 3.05) is 6.54 Å². The minimum absolute atomic E-state index is 0.613. The van der Waals surface area contributed by atoms with Crippen molar-refractivity contribution >= 4 is 11.0 Å². The van der Waals surface area contributed by atoms with E-state index < -0.39 is 10.2 Å². The van der Waals surface area contributed by atoms with E-state index in [0.717, 1.165) is 0 Å². The topological polar surface area (TPSA) is 179 Å². The van der Waals surface area contributed by atoms with Gasteiger partial charge >= 0.3 is 5.82 Å². The Bertz CT molecular complexity index is 571. The van der Waals surface area contributed by atoms with Gasteiger partial charge < -0.3 is 36.0 Å². The molecule has 2 heterocycles. The zero-order valence-electron chi connectivity index (χ0n) is 11.4. The predicted molar refractivity (Wildman–Crippen MR) is 74.3 cm³/mol. The molecule has 0 amide bonds. The summed E-state index contributed by atoms with van der Waals surface area (Å²) in [5.41, 5.74) is 2.42. The summed E-state index contributed by atoms with van der Waals surface area (Å²) in [7, 11) is 0. The van der Waals surface area contributed by atoms with Crippen LogP contribution in [0.15, 0.2) is 24.3 Å². The standard InChI is InChI=1S/C11H13N3.2NO3/c1-2-5-9-8(4-1)13-11(14-9)10-6-3-7-12-10;2*2-1(3)4/h1-2,4-5,10,12H,3,6-7H2,(H,13,14);;/q;2*-1/p+2/t10-;;/m0../s1. The Hall–Kier alpha value is -2.95. The van der Waals surface area contributed by atoms with Crippen LogP contribution in [-0.4, -0.2) is 21.7 Å². The van der Waals surface area contributed by atoms with Gasteiger partial charge in [0.25, 0.3) is 0 Å². The SMILES string of the molecule is O=[N+]([O-])[O-].O=[N+]([O-])[O-].c1ccc2[nH+]c([C@@H]3CCC[NH2+]3)[nH]c2c1. The summed E-state index contributed by atoms with van der Waals surface area (Å²) >= 11 is 0. The zero-order chi connectivity index (χ0) is 16.5. The second-order valence-electron chi connectivity index (χ2n) is 4.43. The summed E-state index contributed by atoms with van der Waals surface area (Å²) in [6.07, 6.45) is 2.61. The van der Waals surface area contributed by atoms with Crippen molar-refractivity contribution in [3.63, 3.8) is 0 Å². The lowest BCUT2D eigenvalue weighted by Gasteiger charge is -1.95. The zero-order valence-corrected chi connectivity index (χ0v) is 11.4. The third-order valence-corrected chi connectivity index (χ3v) is 3.01. The first-order valence-corrected chi connectivity index (χ1v) is 6.36. The molecule has 0 spiro atoms. The number of nitrogens with one attached hydrogen (secondary N) is 2. The molecule has 4 N–H and O–H groups in total. The molecule has 2 aromatic rings. The summed E-state index contributed by atoms with van der Waals surface area (Å²) in [6.45, 7) is 1.26. The first kappa shape index (κ1) is 17.1. The van der Waals surface area contributed by atoms with Gasteiger partial charge in [-0.2, -0.15) is 0 Å². The van der Waals surface area contributed by atoms with Gasteiger partial charge in [0, 0.05) is 12.8 Å². The average molecular weight is 313 g/mol. The van der Waals surface area contributed by atoms with Crippen molar-refractivity contribution in [3.8, 4) is 0 Å². The van der Waals surface area contributed by atoms with Gasteiger partial charge in [-0.3, -0.25) is 0 Å². The molecule has 0 saturated carbocycles. The van der Waals surface area contributed by atoms with Gasteiger partial charge in [0.05, 0.1) is 16.7 Å². The third kappa shape index (κ3) is 6.00. The molecule has 1 aromatic carbocycles. The highest BCUT2D eigenvalue weighted by atomic mass is 16.9. The fraction of sp³-hybridized carbons (Fsp3) is 0.364. The quantitative estimate of drug-likeness (QED) is 0.547. The molecule has 1 aliphatic rings. The average Bonchev–Trinajstić information content (AvgIpc) is 3.06. The number of hydrogen-bond acceptors (Lipinski definition) is 6. The number of quaternary nitrogens is 1. The van der Waals surface area contributed by atoms with E-state index >= 15 is 0 Å². The van der Waals surface area contributed by atoms with Crippen molar-refractivity contribution in [2.24, 2.45) is 0 Å². The van der Waals surface area contributed by atoms with Crippen molar-refractivity contribution in [2.45, 2.75) is 18.9 Å². The molecule has 120 valence electrons. The summed E-state index contributed by atoms with van der Waals surface area (Å²) in [4.78, 5) is 23.4. The first-order valence-electron chi connectivity index (χ1n) is 6.36. The van der Waals surface area contributed by atoms with Gasteiger partial charge in [0.15, 0.2) is 17.1 Å². The van der Waals surface area contributed by atoms with Gasteiger partial charge in [-0.15, -0.1) is 0 Å². The normalized spacial score (nSPS) is 16.1. The maximum absolute atomic E-state index is 8.25. The second-order valence-corrected chi connectivity index (χ2v) is 4.43. The molecule has 0 radical (unpaired) electrons. The van der Waals surface area contributed by atoms with Crippen LogP contribution in [0.5, 0.6) is 0 Å². The molecule has 1 saturated heterocycles. The Labute approximate surface area is 123 Å². The molecule has 22 heavy (non-hydrogen) atoms.